The molecule has 0 amide bonds. The summed E-state index contributed by atoms with van der Waals surface area (Å²) in [5, 5.41) is 40.7. The molecule has 0 bridgehead atoms. The van der Waals surface area contributed by atoms with E-state index in [4.69, 9.17) is 21.1 Å². The predicted molar refractivity (Wildman–Crippen MR) is 133 cm³/mol. The molecule has 2 aromatic rings. The summed E-state index contributed by atoms with van der Waals surface area (Å²) in [6.07, 6.45) is 4.12. The highest BCUT2D eigenvalue weighted by molar-refractivity contribution is 6.31. The van der Waals surface area contributed by atoms with Gasteiger partial charge in [0.2, 0.25) is 0 Å². The summed E-state index contributed by atoms with van der Waals surface area (Å²) in [6, 6.07) is 13.4. The standard InChI is InChI=1S/C28H35ClO6/c29-22-9-6-18(27-26(33)25(32)24(31)23(16-30)35-27)13-19(22)12-17-4-7-20(8-5-17)34-21-14-28(15-21)10-2-1-3-11-28/h4-9,13,21,23-27,30-33H,1-3,10-12,14-16H2/t23-,24-,25+,26-,27?/m1/s1. The lowest BCUT2D eigenvalue weighted by molar-refractivity contribution is -0.231. The Kier molecular flexibility index (Phi) is 7.40. The minimum atomic E-state index is -1.42. The molecule has 4 N–H and O–H groups in total. The number of hydrogen-bond acceptors (Lipinski definition) is 6. The molecule has 1 unspecified atom stereocenters. The predicted octanol–water partition coefficient (Wildman–Crippen LogP) is 3.94. The van der Waals surface area contributed by atoms with E-state index < -0.39 is 37.1 Å². The summed E-state index contributed by atoms with van der Waals surface area (Å²) < 4.78 is 11.9. The quantitative estimate of drug-likeness (QED) is 0.477. The smallest absolute Gasteiger partial charge is 0.119 e. The van der Waals surface area contributed by atoms with Gasteiger partial charge in [0.15, 0.2) is 0 Å². The van der Waals surface area contributed by atoms with Crippen LogP contribution in [0.4, 0.5) is 0 Å². The van der Waals surface area contributed by atoms with Crippen LogP contribution in [0.3, 0.4) is 0 Å². The Morgan fingerprint density at radius 2 is 1.63 bits per heavy atom. The molecule has 6 nitrogen and oxygen atoms in total. The van der Waals surface area contributed by atoms with Crippen LogP contribution in [0.1, 0.15) is 67.7 Å². The van der Waals surface area contributed by atoms with Crippen molar-refractivity contribution in [2.45, 2.75) is 88.0 Å². The van der Waals surface area contributed by atoms with Gasteiger partial charge in [-0.25, -0.2) is 0 Å². The van der Waals surface area contributed by atoms with E-state index in [1.807, 2.05) is 30.3 Å². The number of aliphatic hydroxyl groups excluding tert-OH is 4. The van der Waals surface area contributed by atoms with Crippen LogP contribution in [0, 0.1) is 5.41 Å². The van der Waals surface area contributed by atoms with E-state index >= 15 is 0 Å². The molecule has 3 fully saturated rings. The van der Waals surface area contributed by atoms with E-state index in [2.05, 4.69) is 0 Å². The number of rotatable bonds is 6. The first-order valence-electron chi connectivity index (χ1n) is 12.7. The van der Waals surface area contributed by atoms with E-state index in [-0.39, 0.29) is 0 Å². The van der Waals surface area contributed by atoms with Crippen molar-refractivity contribution in [2.24, 2.45) is 5.41 Å². The van der Waals surface area contributed by atoms with Crippen LogP contribution >= 0.6 is 11.6 Å². The monoisotopic (exact) mass is 502 g/mol. The normalized spacial score (nSPS) is 30.7. The zero-order valence-electron chi connectivity index (χ0n) is 19.9. The topological polar surface area (TPSA) is 99.4 Å². The molecule has 2 aromatic carbocycles. The molecular weight excluding hydrogens is 468 g/mol. The van der Waals surface area contributed by atoms with E-state index in [0.717, 1.165) is 16.9 Å². The van der Waals surface area contributed by atoms with Crippen molar-refractivity contribution in [1.29, 1.82) is 0 Å². The van der Waals surface area contributed by atoms with Gasteiger partial charge < -0.3 is 29.9 Å². The Morgan fingerprint density at radius 1 is 0.914 bits per heavy atom. The molecule has 35 heavy (non-hydrogen) atoms. The summed E-state index contributed by atoms with van der Waals surface area (Å²) >= 11 is 6.47. The molecule has 1 saturated heterocycles. The van der Waals surface area contributed by atoms with Crippen LogP contribution in [0.15, 0.2) is 42.5 Å². The maximum atomic E-state index is 10.5. The first kappa shape index (κ1) is 25.0. The summed E-state index contributed by atoms with van der Waals surface area (Å²) in [6.45, 7) is -0.460. The average Bonchev–Trinajstić information content (AvgIpc) is 2.85. The van der Waals surface area contributed by atoms with Gasteiger partial charge in [-0.1, -0.05) is 55.1 Å². The molecule has 190 valence electrons. The van der Waals surface area contributed by atoms with Crippen molar-refractivity contribution in [3.05, 3.63) is 64.2 Å². The molecule has 0 aromatic heterocycles. The first-order valence-corrected chi connectivity index (χ1v) is 13.1. The minimum Gasteiger partial charge on any atom is -0.490 e. The lowest BCUT2D eigenvalue weighted by Gasteiger charge is -2.49. The molecule has 2 saturated carbocycles. The van der Waals surface area contributed by atoms with Crippen molar-refractivity contribution >= 4 is 11.6 Å². The van der Waals surface area contributed by atoms with Gasteiger partial charge in [-0.15, -0.1) is 0 Å². The van der Waals surface area contributed by atoms with E-state index in [1.165, 1.54) is 44.9 Å². The Labute approximate surface area is 211 Å². The zero-order valence-corrected chi connectivity index (χ0v) is 20.6. The highest BCUT2D eigenvalue weighted by atomic mass is 35.5. The summed E-state index contributed by atoms with van der Waals surface area (Å²) in [5.41, 5.74) is 3.10. The molecule has 2 aliphatic carbocycles. The van der Waals surface area contributed by atoms with Crippen LogP contribution in [0.25, 0.3) is 0 Å². The molecule has 3 aliphatic rings. The number of halogens is 1. The maximum absolute atomic E-state index is 10.5. The SMILES string of the molecule is OC[C@H]1OC(c2ccc(Cl)c(Cc3ccc(OC4CC5(CCCCC5)C4)cc3)c2)[C@H](O)[C@@H](O)[C@@H]1O. The van der Waals surface area contributed by atoms with Gasteiger partial charge in [0.1, 0.15) is 36.3 Å². The lowest BCUT2D eigenvalue weighted by atomic mass is 9.59. The molecule has 1 aliphatic heterocycles. The highest BCUT2D eigenvalue weighted by Crippen LogP contribution is 2.52. The van der Waals surface area contributed by atoms with Gasteiger partial charge in [-0.05, 0) is 72.4 Å². The van der Waals surface area contributed by atoms with Crippen molar-refractivity contribution in [3.63, 3.8) is 0 Å². The van der Waals surface area contributed by atoms with E-state index in [1.54, 1.807) is 12.1 Å². The average molecular weight is 503 g/mol. The Morgan fingerprint density at radius 3 is 2.31 bits per heavy atom. The molecular formula is C28H35ClO6. The summed E-state index contributed by atoms with van der Waals surface area (Å²) in [5.74, 6) is 0.894. The van der Waals surface area contributed by atoms with Crippen LogP contribution in [-0.2, 0) is 11.2 Å². The van der Waals surface area contributed by atoms with Gasteiger partial charge in [0, 0.05) is 5.02 Å². The molecule has 7 heteroatoms. The molecule has 5 atom stereocenters. The lowest BCUT2D eigenvalue weighted by Crippen LogP contribution is -2.55. The van der Waals surface area contributed by atoms with Gasteiger partial charge in [-0.3, -0.25) is 0 Å². The van der Waals surface area contributed by atoms with Crippen LogP contribution in [0.5, 0.6) is 5.75 Å². The molecule has 1 spiro atoms. The van der Waals surface area contributed by atoms with E-state index in [9.17, 15) is 20.4 Å². The number of aliphatic hydroxyl groups is 4. The Hall–Kier alpha value is -1.67. The van der Waals surface area contributed by atoms with Gasteiger partial charge in [0.25, 0.3) is 0 Å². The Bertz CT molecular complexity index is 995. The summed E-state index contributed by atoms with van der Waals surface area (Å²) in [7, 11) is 0. The van der Waals surface area contributed by atoms with Crippen LogP contribution < -0.4 is 4.74 Å². The van der Waals surface area contributed by atoms with Crippen molar-refractivity contribution < 1.29 is 29.9 Å². The largest absolute Gasteiger partial charge is 0.490 e. The van der Waals surface area contributed by atoms with Gasteiger partial charge in [-0.2, -0.15) is 0 Å². The second-order valence-corrected chi connectivity index (χ2v) is 11.0. The minimum absolute atomic E-state index is 0.323. The third kappa shape index (κ3) is 5.24. The van der Waals surface area contributed by atoms with Crippen LogP contribution in [0.2, 0.25) is 5.02 Å². The third-order valence-corrected chi connectivity index (χ3v) is 8.52. The van der Waals surface area contributed by atoms with Gasteiger partial charge in [0.05, 0.1) is 12.7 Å². The maximum Gasteiger partial charge on any atom is 0.119 e. The van der Waals surface area contributed by atoms with Gasteiger partial charge >= 0.3 is 0 Å². The second kappa shape index (κ2) is 10.4. The number of hydrogen-bond donors (Lipinski definition) is 4. The number of ether oxygens (including phenoxy) is 2. The fraction of sp³-hybridized carbons (Fsp3) is 0.571. The molecule has 1 heterocycles. The van der Waals surface area contributed by atoms with E-state index in [0.29, 0.717) is 28.5 Å². The first-order chi connectivity index (χ1) is 16.9. The second-order valence-electron chi connectivity index (χ2n) is 10.6. The van der Waals surface area contributed by atoms with Crippen LogP contribution in [-0.4, -0.2) is 57.6 Å². The van der Waals surface area contributed by atoms with Crippen molar-refractivity contribution in [3.8, 4) is 5.75 Å². The van der Waals surface area contributed by atoms with Crippen molar-refractivity contribution in [2.75, 3.05) is 6.61 Å². The molecule has 5 rings (SSSR count). The zero-order chi connectivity index (χ0) is 24.6. The molecule has 0 radical (unpaired) electrons. The number of benzene rings is 2. The fourth-order valence-electron chi connectivity index (χ4n) is 6.08. The third-order valence-electron chi connectivity index (χ3n) is 8.15. The van der Waals surface area contributed by atoms with Crippen molar-refractivity contribution in [1.82, 2.24) is 0 Å². The summed E-state index contributed by atoms with van der Waals surface area (Å²) in [4.78, 5) is 0. The highest BCUT2D eigenvalue weighted by Gasteiger charge is 2.46. The fourth-order valence-corrected chi connectivity index (χ4v) is 6.27. The Balaban J connectivity index is 1.23.